The van der Waals surface area contributed by atoms with Crippen LogP contribution in [0.15, 0.2) is 106 Å². The van der Waals surface area contributed by atoms with Crippen molar-refractivity contribution in [2.45, 2.75) is 17.9 Å². The molecule has 0 saturated carbocycles. The Morgan fingerprint density at radius 2 is 1.51 bits per heavy atom. The van der Waals surface area contributed by atoms with Gasteiger partial charge < -0.3 is 14.6 Å². The molecule has 0 fully saturated rings. The monoisotopic (exact) mass is 607 g/mol. The van der Waals surface area contributed by atoms with Gasteiger partial charge in [0.15, 0.2) is 12.4 Å². The van der Waals surface area contributed by atoms with E-state index in [9.17, 15) is 13.2 Å². The summed E-state index contributed by atoms with van der Waals surface area (Å²) in [7, 11) is -3.87. The number of anilines is 2. The van der Waals surface area contributed by atoms with E-state index < -0.39 is 16.0 Å². The molecule has 5 rings (SSSR count). The van der Waals surface area contributed by atoms with Crippen molar-refractivity contribution in [3.05, 3.63) is 118 Å². The molecule has 0 saturated heterocycles. The van der Waals surface area contributed by atoms with E-state index in [0.717, 1.165) is 5.56 Å². The summed E-state index contributed by atoms with van der Waals surface area (Å²) in [5.41, 5.74) is 4.35. The Labute approximate surface area is 246 Å². The molecule has 41 heavy (non-hydrogen) atoms. The molecule has 208 valence electrons. The first kappa shape index (κ1) is 28.4. The molecule has 0 spiro atoms. The number of carbonyl (C=O) groups excluding carboxylic acids is 1. The highest BCUT2D eigenvalue weighted by atomic mass is 35.5. The zero-order valence-electron chi connectivity index (χ0n) is 21.4. The summed E-state index contributed by atoms with van der Waals surface area (Å²) >= 11 is 12.6. The Hall–Kier alpha value is -4.15. The van der Waals surface area contributed by atoms with E-state index in [0.29, 0.717) is 49.6 Å². The average Bonchev–Trinajstić information content (AvgIpc) is 3.39. The molecule has 0 aliphatic rings. The molecule has 3 N–H and O–H groups in total. The molecule has 1 heterocycles. The Bertz CT molecular complexity index is 1790. The van der Waals surface area contributed by atoms with Crippen molar-refractivity contribution in [2.24, 2.45) is 5.14 Å². The molecular formula is C30H23Cl2N3O5S. The number of halogens is 2. The van der Waals surface area contributed by atoms with Crippen LogP contribution in [0.1, 0.15) is 11.3 Å². The number of hydrogen-bond donors (Lipinski definition) is 2. The minimum Gasteiger partial charge on any atom is -0.457 e. The molecule has 0 unspecified atom stereocenters. The molecule has 0 amide bonds. The normalized spacial score (nSPS) is 11.3. The van der Waals surface area contributed by atoms with E-state index in [1.165, 1.54) is 12.1 Å². The van der Waals surface area contributed by atoms with Crippen LogP contribution in [0.4, 0.5) is 11.4 Å². The zero-order valence-corrected chi connectivity index (χ0v) is 23.7. The Balaban J connectivity index is 1.38. The SMILES string of the molecule is NS(=O)(=O)c1ccc(-c2c(-c3ccccc3)noc2COC(=O)Cc2ccccc2Nc2c(Cl)cccc2Cl)cc1. The van der Waals surface area contributed by atoms with Crippen LogP contribution in [0, 0.1) is 0 Å². The van der Waals surface area contributed by atoms with Gasteiger partial charge in [-0.05, 0) is 41.5 Å². The number of nitrogens with one attached hydrogen (secondary N) is 1. The van der Waals surface area contributed by atoms with Crippen LogP contribution in [0.2, 0.25) is 10.0 Å². The molecule has 1 aromatic heterocycles. The van der Waals surface area contributed by atoms with Gasteiger partial charge in [-0.2, -0.15) is 0 Å². The van der Waals surface area contributed by atoms with E-state index in [2.05, 4.69) is 10.5 Å². The van der Waals surface area contributed by atoms with Gasteiger partial charge in [-0.3, -0.25) is 4.79 Å². The molecular weight excluding hydrogens is 585 g/mol. The van der Waals surface area contributed by atoms with Crippen LogP contribution >= 0.6 is 23.2 Å². The number of sulfonamides is 1. The molecule has 0 radical (unpaired) electrons. The van der Waals surface area contributed by atoms with E-state index in [1.54, 1.807) is 36.4 Å². The van der Waals surface area contributed by atoms with Crippen molar-refractivity contribution in [3.8, 4) is 22.4 Å². The van der Waals surface area contributed by atoms with Gasteiger partial charge in [0.05, 0.1) is 32.6 Å². The van der Waals surface area contributed by atoms with Gasteiger partial charge in [0.2, 0.25) is 10.0 Å². The smallest absolute Gasteiger partial charge is 0.310 e. The van der Waals surface area contributed by atoms with Crippen molar-refractivity contribution in [1.82, 2.24) is 5.16 Å². The molecule has 0 bridgehead atoms. The zero-order chi connectivity index (χ0) is 29.0. The van der Waals surface area contributed by atoms with Gasteiger partial charge in [0.25, 0.3) is 0 Å². The third-order valence-electron chi connectivity index (χ3n) is 6.22. The van der Waals surface area contributed by atoms with Crippen molar-refractivity contribution < 1.29 is 22.5 Å². The standard InChI is InChI=1S/C30H23Cl2N3O5S/c31-23-10-6-11-24(32)30(23)34-25-12-5-4-9-21(25)17-27(36)39-18-26-28(19-13-15-22(16-14-19)41(33,37)38)29(35-40-26)20-7-2-1-3-8-20/h1-16,34H,17-18H2,(H2,33,37,38). The minimum atomic E-state index is -3.87. The van der Waals surface area contributed by atoms with Gasteiger partial charge >= 0.3 is 5.97 Å². The number of hydrogen-bond acceptors (Lipinski definition) is 7. The third-order valence-corrected chi connectivity index (χ3v) is 7.78. The van der Waals surface area contributed by atoms with Gasteiger partial charge in [-0.25, -0.2) is 13.6 Å². The fourth-order valence-corrected chi connectivity index (χ4v) is 5.23. The fraction of sp³-hybridized carbons (Fsp3) is 0.0667. The molecule has 0 aliphatic heterocycles. The van der Waals surface area contributed by atoms with Crippen LogP contribution in [0.3, 0.4) is 0 Å². The number of para-hydroxylation sites is 2. The molecule has 0 aliphatic carbocycles. The summed E-state index contributed by atoms with van der Waals surface area (Å²) in [6.07, 6.45) is -0.0384. The highest BCUT2D eigenvalue weighted by Crippen LogP contribution is 2.36. The maximum Gasteiger partial charge on any atom is 0.310 e. The van der Waals surface area contributed by atoms with E-state index in [-0.39, 0.29) is 17.9 Å². The second-order valence-corrected chi connectivity index (χ2v) is 11.4. The molecule has 4 aromatic carbocycles. The van der Waals surface area contributed by atoms with E-state index >= 15 is 0 Å². The van der Waals surface area contributed by atoms with Gasteiger partial charge in [-0.1, -0.05) is 95.1 Å². The summed E-state index contributed by atoms with van der Waals surface area (Å²) in [6.45, 7) is -0.198. The number of nitrogens with two attached hydrogens (primary N) is 1. The summed E-state index contributed by atoms with van der Waals surface area (Å²) in [5.74, 6) is -0.201. The Morgan fingerprint density at radius 3 is 2.20 bits per heavy atom. The summed E-state index contributed by atoms with van der Waals surface area (Å²) in [6, 6.07) is 27.8. The minimum absolute atomic E-state index is 0.0303. The molecule has 8 nitrogen and oxygen atoms in total. The van der Waals surface area contributed by atoms with Crippen molar-refractivity contribution in [3.63, 3.8) is 0 Å². The van der Waals surface area contributed by atoms with Crippen molar-refractivity contribution in [2.75, 3.05) is 5.32 Å². The first-order valence-corrected chi connectivity index (χ1v) is 14.6. The summed E-state index contributed by atoms with van der Waals surface area (Å²) in [4.78, 5) is 12.9. The van der Waals surface area contributed by atoms with Crippen LogP contribution in [0.5, 0.6) is 0 Å². The highest BCUT2D eigenvalue weighted by Gasteiger charge is 2.22. The maximum atomic E-state index is 13.0. The van der Waals surface area contributed by atoms with Gasteiger partial charge in [0.1, 0.15) is 5.69 Å². The maximum absolute atomic E-state index is 13.0. The second kappa shape index (κ2) is 12.2. The van der Waals surface area contributed by atoms with Crippen molar-refractivity contribution >= 4 is 50.6 Å². The largest absolute Gasteiger partial charge is 0.457 e. The lowest BCUT2D eigenvalue weighted by molar-refractivity contribution is -0.144. The van der Waals surface area contributed by atoms with Crippen LogP contribution in [-0.2, 0) is 32.6 Å². The molecule has 5 aromatic rings. The van der Waals surface area contributed by atoms with E-state index in [1.807, 2.05) is 48.5 Å². The number of esters is 1. The number of benzene rings is 4. The lowest BCUT2D eigenvalue weighted by atomic mass is 9.99. The first-order valence-electron chi connectivity index (χ1n) is 12.3. The van der Waals surface area contributed by atoms with Gasteiger partial charge in [0, 0.05) is 11.3 Å². The third kappa shape index (κ3) is 6.61. The summed E-state index contributed by atoms with van der Waals surface area (Å²) < 4.78 is 34.7. The van der Waals surface area contributed by atoms with Crippen LogP contribution in [0.25, 0.3) is 22.4 Å². The first-order chi connectivity index (χ1) is 19.7. The quantitative estimate of drug-likeness (QED) is 0.173. The highest BCUT2D eigenvalue weighted by molar-refractivity contribution is 7.89. The Morgan fingerprint density at radius 1 is 0.854 bits per heavy atom. The predicted molar refractivity (Wildman–Crippen MR) is 158 cm³/mol. The Kier molecular flexibility index (Phi) is 8.41. The number of nitrogens with zero attached hydrogens (tertiary/aromatic N) is 1. The summed E-state index contributed by atoms with van der Waals surface area (Å²) in [5, 5.41) is 13.6. The number of aromatic nitrogens is 1. The molecule has 11 heteroatoms. The predicted octanol–water partition coefficient (Wildman–Crippen LogP) is 6.99. The average molecular weight is 609 g/mol. The van der Waals surface area contributed by atoms with Crippen LogP contribution < -0.4 is 10.5 Å². The lowest BCUT2D eigenvalue weighted by Gasteiger charge is -2.14. The van der Waals surface area contributed by atoms with E-state index in [4.69, 9.17) is 37.6 Å². The van der Waals surface area contributed by atoms with Crippen LogP contribution in [-0.4, -0.2) is 19.5 Å². The lowest BCUT2D eigenvalue weighted by Crippen LogP contribution is -2.11. The number of rotatable bonds is 9. The fourth-order valence-electron chi connectivity index (χ4n) is 4.23. The van der Waals surface area contributed by atoms with Gasteiger partial charge in [-0.15, -0.1) is 0 Å². The second-order valence-electron chi connectivity index (χ2n) is 8.98. The molecule has 0 atom stereocenters. The van der Waals surface area contributed by atoms with Crippen molar-refractivity contribution in [1.29, 1.82) is 0 Å². The topological polar surface area (TPSA) is 125 Å². The number of primary sulfonamides is 1. The number of carbonyl (C=O) groups is 1. The number of ether oxygens (including phenoxy) is 1.